The van der Waals surface area contributed by atoms with Crippen molar-refractivity contribution in [3.8, 4) is 0 Å². The molecular formula is C14H10Br2FNO3S. The lowest BCUT2D eigenvalue weighted by Crippen LogP contribution is -2.30. The number of ether oxygens (including phenoxy) is 1. The van der Waals surface area contributed by atoms with Gasteiger partial charge < -0.3 is 10.1 Å². The minimum Gasteiger partial charge on any atom is -0.448 e. The zero-order chi connectivity index (χ0) is 16.3. The number of carbonyl (C=O) groups is 2. The molecule has 0 saturated carbocycles. The molecule has 1 aromatic heterocycles. The average Bonchev–Trinajstić information content (AvgIpc) is 2.81. The quantitative estimate of drug-likeness (QED) is 0.692. The average molecular weight is 451 g/mol. The van der Waals surface area contributed by atoms with Gasteiger partial charge in [0, 0.05) is 4.47 Å². The third kappa shape index (κ3) is 4.15. The molecule has 1 aromatic carbocycles. The van der Waals surface area contributed by atoms with E-state index in [0.717, 1.165) is 8.26 Å². The van der Waals surface area contributed by atoms with Crippen LogP contribution in [0.15, 0.2) is 38.6 Å². The number of esters is 1. The summed E-state index contributed by atoms with van der Waals surface area (Å²) < 4.78 is 20.0. The number of nitrogens with one attached hydrogen (secondary N) is 1. The minimum atomic E-state index is -1.05. The van der Waals surface area contributed by atoms with Crippen molar-refractivity contribution in [2.45, 2.75) is 13.0 Å². The van der Waals surface area contributed by atoms with E-state index in [2.05, 4.69) is 37.2 Å². The normalized spacial score (nSPS) is 11.8. The molecule has 2 aromatic rings. The molecule has 0 saturated heterocycles. The van der Waals surface area contributed by atoms with Crippen molar-refractivity contribution in [1.82, 2.24) is 0 Å². The van der Waals surface area contributed by atoms with Crippen molar-refractivity contribution < 1.29 is 18.7 Å². The summed E-state index contributed by atoms with van der Waals surface area (Å²) in [6.45, 7) is 1.42. The number of anilines is 1. The summed E-state index contributed by atoms with van der Waals surface area (Å²) in [6.07, 6.45) is -1.05. The second-order valence-corrected chi connectivity index (χ2v) is 7.47. The van der Waals surface area contributed by atoms with Gasteiger partial charge in [0.25, 0.3) is 5.91 Å². The van der Waals surface area contributed by atoms with Gasteiger partial charge in [-0.05, 0) is 57.0 Å². The second-order valence-electron chi connectivity index (χ2n) is 4.25. The Labute approximate surface area is 146 Å². The van der Waals surface area contributed by atoms with Crippen LogP contribution >= 0.6 is 43.2 Å². The first-order valence-electron chi connectivity index (χ1n) is 6.09. The maximum atomic E-state index is 13.5. The van der Waals surface area contributed by atoms with E-state index in [1.54, 1.807) is 12.1 Å². The van der Waals surface area contributed by atoms with Crippen LogP contribution in [-0.2, 0) is 9.53 Å². The minimum absolute atomic E-state index is 0.0389. The molecule has 0 aliphatic heterocycles. The molecule has 4 nitrogen and oxygen atoms in total. The Morgan fingerprint density at radius 3 is 2.59 bits per heavy atom. The van der Waals surface area contributed by atoms with Gasteiger partial charge in [-0.3, -0.25) is 4.79 Å². The van der Waals surface area contributed by atoms with E-state index in [4.69, 9.17) is 4.74 Å². The Morgan fingerprint density at radius 1 is 1.32 bits per heavy atom. The van der Waals surface area contributed by atoms with Gasteiger partial charge >= 0.3 is 5.97 Å². The number of benzene rings is 1. The van der Waals surface area contributed by atoms with Crippen molar-refractivity contribution in [3.05, 3.63) is 49.3 Å². The largest absolute Gasteiger partial charge is 0.448 e. The highest BCUT2D eigenvalue weighted by atomic mass is 79.9. The van der Waals surface area contributed by atoms with Gasteiger partial charge in [0.15, 0.2) is 6.10 Å². The summed E-state index contributed by atoms with van der Waals surface area (Å²) in [5.41, 5.74) is 0.0389. The number of amides is 1. The molecule has 1 N–H and O–H groups in total. The summed E-state index contributed by atoms with van der Waals surface area (Å²) in [7, 11) is 0. The molecule has 0 spiro atoms. The summed E-state index contributed by atoms with van der Waals surface area (Å²) in [5.74, 6) is -1.78. The second kappa shape index (κ2) is 7.34. The Hall–Kier alpha value is -1.25. The first kappa shape index (κ1) is 17.1. The van der Waals surface area contributed by atoms with Crippen molar-refractivity contribution in [3.63, 3.8) is 0 Å². The highest BCUT2D eigenvalue weighted by Crippen LogP contribution is 2.32. The Bertz CT molecular complexity index is 700. The number of halogens is 3. The molecule has 2 rings (SSSR count). The summed E-state index contributed by atoms with van der Waals surface area (Å²) in [6, 6.07) is 7.36. The van der Waals surface area contributed by atoms with E-state index in [1.165, 1.54) is 36.5 Å². The van der Waals surface area contributed by atoms with Crippen LogP contribution in [0.25, 0.3) is 0 Å². The fourth-order valence-corrected chi connectivity index (χ4v) is 3.43. The molecule has 1 unspecified atom stereocenters. The fourth-order valence-electron chi connectivity index (χ4n) is 1.52. The Balaban J connectivity index is 1.99. The van der Waals surface area contributed by atoms with Crippen LogP contribution in [0.4, 0.5) is 10.1 Å². The van der Waals surface area contributed by atoms with Gasteiger partial charge in [-0.25, -0.2) is 9.18 Å². The number of rotatable bonds is 4. The van der Waals surface area contributed by atoms with Gasteiger partial charge in [-0.15, -0.1) is 11.3 Å². The van der Waals surface area contributed by atoms with E-state index in [-0.39, 0.29) is 5.69 Å². The topological polar surface area (TPSA) is 55.4 Å². The molecule has 0 aliphatic rings. The number of hydrogen-bond acceptors (Lipinski definition) is 4. The molecule has 1 amide bonds. The first-order chi connectivity index (χ1) is 10.4. The lowest BCUT2D eigenvalue weighted by atomic mass is 10.3. The van der Waals surface area contributed by atoms with Crippen molar-refractivity contribution in [2.75, 3.05) is 5.32 Å². The number of hydrogen-bond donors (Lipinski definition) is 1. The van der Waals surface area contributed by atoms with Crippen molar-refractivity contribution in [1.29, 1.82) is 0 Å². The van der Waals surface area contributed by atoms with E-state index in [0.29, 0.717) is 4.88 Å². The molecule has 1 heterocycles. The zero-order valence-corrected chi connectivity index (χ0v) is 15.2. The highest BCUT2D eigenvalue weighted by molar-refractivity contribution is 9.13. The molecule has 0 radical (unpaired) electrons. The zero-order valence-electron chi connectivity index (χ0n) is 11.2. The van der Waals surface area contributed by atoms with E-state index >= 15 is 0 Å². The predicted molar refractivity (Wildman–Crippen MR) is 89.6 cm³/mol. The van der Waals surface area contributed by atoms with E-state index in [9.17, 15) is 14.0 Å². The van der Waals surface area contributed by atoms with Crippen molar-refractivity contribution >= 4 is 60.8 Å². The highest BCUT2D eigenvalue weighted by Gasteiger charge is 2.21. The molecule has 0 aliphatic carbocycles. The standard InChI is InChI=1S/C14H10Br2FNO3S/c1-7(13(19)18-10-5-3-2-4-9(10)17)21-14(20)11-6-8(15)12(16)22-11/h2-7H,1H3,(H,18,19). The molecule has 22 heavy (non-hydrogen) atoms. The molecule has 1 atom stereocenters. The van der Waals surface area contributed by atoms with E-state index in [1.807, 2.05) is 0 Å². The van der Waals surface area contributed by atoms with E-state index < -0.39 is 23.8 Å². The number of thiophene rings is 1. The molecule has 116 valence electrons. The van der Waals surface area contributed by atoms with Crippen LogP contribution in [0, 0.1) is 5.82 Å². The van der Waals surface area contributed by atoms with Crippen LogP contribution in [0.1, 0.15) is 16.6 Å². The Kier molecular flexibility index (Phi) is 5.71. The Morgan fingerprint density at radius 2 is 2.00 bits per heavy atom. The fraction of sp³-hybridized carbons (Fsp3) is 0.143. The van der Waals surface area contributed by atoms with Gasteiger partial charge in [-0.1, -0.05) is 12.1 Å². The van der Waals surface area contributed by atoms with Crippen LogP contribution in [0.3, 0.4) is 0 Å². The van der Waals surface area contributed by atoms with Crippen LogP contribution < -0.4 is 5.32 Å². The molecule has 0 fully saturated rings. The third-order valence-corrected chi connectivity index (χ3v) is 5.87. The van der Waals surface area contributed by atoms with Crippen LogP contribution in [0.2, 0.25) is 0 Å². The van der Waals surface area contributed by atoms with Gasteiger partial charge in [-0.2, -0.15) is 0 Å². The molecular weight excluding hydrogens is 441 g/mol. The predicted octanol–water partition coefficient (Wildman–Crippen LogP) is 4.60. The molecule has 8 heteroatoms. The van der Waals surface area contributed by atoms with Gasteiger partial charge in [0.1, 0.15) is 10.7 Å². The van der Waals surface area contributed by atoms with Crippen LogP contribution in [-0.4, -0.2) is 18.0 Å². The number of carbonyl (C=O) groups excluding carboxylic acids is 2. The summed E-state index contributed by atoms with van der Waals surface area (Å²) in [5, 5.41) is 2.38. The maximum Gasteiger partial charge on any atom is 0.349 e. The lowest BCUT2D eigenvalue weighted by molar-refractivity contribution is -0.123. The SMILES string of the molecule is CC(OC(=O)c1cc(Br)c(Br)s1)C(=O)Nc1ccccc1F. The maximum absolute atomic E-state index is 13.5. The lowest BCUT2D eigenvalue weighted by Gasteiger charge is -2.13. The smallest absolute Gasteiger partial charge is 0.349 e. The van der Waals surface area contributed by atoms with Crippen LogP contribution in [0.5, 0.6) is 0 Å². The monoisotopic (exact) mass is 449 g/mol. The first-order valence-corrected chi connectivity index (χ1v) is 8.50. The summed E-state index contributed by atoms with van der Waals surface area (Å²) >= 11 is 7.73. The van der Waals surface area contributed by atoms with Crippen molar-refractivity contribution in [2.24, 2.45) is 0 Å². The van der Waals surface area contributed by atoms with Gasteiger partial charge in [0.2, 0.25) is 0 Å². The molecule has 0 bridgehead atoms. The summed E-state index contributed by atoms with van der Waals surface area (Å²) in [4.78, 5) is 24.2. The van der Waals surface area contributed by atoms with Gasteiger partial charge in [0.05, 0.1) is 9.47 Å². The number of para-hydroxylation sites is 1. The third-order valence-electron chi connectivity index (χ3n) is 2.63.